The molecular weight excluding hydrogens is 495 g/mol. The van der Waals surface area contributed by atoms with E-state index in [1.165, 1.54) is 0 Å². The summed E-state index contributed by atoms with van der Waals surface area (Å²) in [7, 11) is 0. The molecule has 4 rings (SSSR count). The SMILES string of the molecule is CCC(c1nc2ccccn2c(=O)c1Cc1ccccc1)N(CCCN)C(=O)c1cc(Cl)cc(Cl)c1. The maximum Gasteiger partial charge on any atom is 0.261 e. The summed E-state index contributed by atoms with van der Waals surface area (Å²) in [6, 6.07) is 19.6. The second-order valence-electron chi connectivity index (χ2n) is 8.59. The fourth-order valence-electron chi connectivity index (χ4n) is 4.45. The van der Waals surface area contributed by atoms with Crippen LogP contribution >= 0.6 is 23.2 Å². The largest absolute Gasteiger partial charge is 0.330 e. The van der Waals surface area contributed by atoms with Gasteiger partial charge in [0.2, 0.25) is 0 Å². The molecule has 1 atom stereocenters. The van der Waals surface area contributed by atoms with E-state index in [9.17, 15) is 9.59 Å². The maximum atomic E-state index is 13.8. The fourth-order valence-corrected chi connectivity index (χ4v) is 4.98. The van der Waals surface area contributed by atoms with Crippen LogP contribution in [0, 0.1) is 0 Å². The Kier molecular flexibility index (Phi) is 8.41. The van der Waals surface area contributed by atoms with Crippen LogP contribution in [-0.4, -0.2) is 33.3 Å². The van der Waals surface area contributed by atoms with Crippen molar-refractivity contribution in [2.24, 2.45) is 5.73 Å². The molecule has 1 unspecified atom stereocenters. The highest BCUT2D eigenvalue weighted by Gasteiger charge is 2.29. The van der Waals surface area contributed by atoms with Crippen LogP contribution in [0.15, 0.2) is 77.7 Å². The van der Waals surface area contributed by atoms with E-state index in [0.717, 1.165) is 5.56 Å². The van der Waals surface area contributed by atoms with Crippen molar-refractivity contribution in [3.8, 4) is 0 Å². The summed E-state index contributed by atoms with van der Waals surface area (Å²) < 4.78 is 1.55. The topological polar surface area (TPSA) is 80.7 Å². The van der Waals surface area contributed by atoms with Crippen LogP contribution < -0.4 is 11.3 Å². The number of nitrogens with zero attached hydrogens (tertiary/aromatic N) is 3. The molecule has 8 heteroatoms. The molecule has 1 amide bonds. The van der Waals surface area contributed by atoms with Crippen molar-refractivity contribution in [1.29, 1.82) is 0 Å². The van der Waals surface area contributed by atoms with Gasteiger partial charge in [0.25, 0.3) is 11.5 Å². The van der Waals surface area contributed by atoms with Gasteiger partial charge in [-0.3, -0.25) is 14.0 Å². The number of benzene rings is 2. The minimum atomic E-state index is -0.446. The number of amides is 1. The fraction of sp³-hybridized carbons (Fsp3) is 0.250. The van der Waals surface area contributed by atoms with Gasteiger partial charge in [0.05, 0.1) is 11.7 Å². The summed E-state index contributed by atoms with van der Waals surface area (Å²) in [6.45, 7) is 2.80. The molecule has 4 aromatic rings. The van der Waals surface area contributed by atoms with Crippen LogP contribution in [0.5, 0.6) is 0 Å². The lowest BCUT2D eigenvalue weighted by molar-refractivity contribution is 0.0664. The molecule has 186 valence electrons. The first kappa shape index (κ1) is 25.9. The quantitative estimate of drug-likeness (QED) is 0.313. The van der Waals surface area contributed by atoms with Crippen LogP contribution in [0.4, 0.5) is 0 Å². The van der Waals surface area contributed by atoms with Gasteiger partial charge in [-0.2, -0.15) is 0 Å². The minimum absolute atomic E-state index is 0.144. The number of fused-ring (bicyclic) bond motifs is 1. The Hall–Kier alpha value is -3.19. The summed E-state index contributed by atoms with van der Waals surface area (Å²) in [4.78, 5) is 34.2. The second-order valence-corrected chi connectivity index (χ2v) is 9.47. The Morgan fingerprint density at radius 1 is 1.06 bits per heavy atom. The lowest BCUT2D eigenvalue weighted by Crippen LogP contribution is -2.38. The van der Waals surface area contributed by atoms with Crippen molar-refractivity contribution in [3.63, 3.8) is 0 Å². The van der Waals surface area contributed by atoms with Gasteiger partial charge in [0.15, 0.2) is 0 Å². The average Bonchev–Trinajstić information content (AvgIpc) is 2.88. The monoisotopic (exact) mass is 522 g/mol. The van der Waals surface area contributed by atoms with E-state index in [1.54, 1.807) is 45.8 Å². The van der Waals surface area contributed by atoms with E-state index in [0.29, 0.717) is 64.9 Å². The molecule has 2 aromatic carbocycles. The zero-order valence-electron chi connectivity index (χ0n) is 20.0. The number of hydrogen-bond acceptors (Lipinski definition) is 4. The third-order valence-corrected chi connectivity index (χ3v) is 6.57. The van der Waals surface area contributed by atoms with Crippen LogP contribution in [0.2, 0.25) is 10.0 Å². The number of rotatable bonds is 9. The van der Waals surface area contributed by atoms with Gasteiger partial charge in [0, 0.05) is 40.3 Å². The van der Waals surface area contributed by atoms with Gasteiger partial charge in [-0.15, -0.1) is 0 Å². The van der Waals surface area contributed by atoms with Crippen molar-refractivity contribution < 1.29 is 4.79 Å². The highest BCUT2D eigenvalue weighted by Crippen LogP contribution is 2.29. The number of pyridine rings is 1. The van der Waals surface area contributed by atoms with Crippen LogP contribution in [0.3, 0.4) is 0 Å². The third kappa shape index (κ3) is 5.62. The molecule has 0 fully saturated rings. The molecule has 0 radical (unpaired) electrons. The minimum Gasteiger partial charge on any atom is -0.330 e. The van der Waals surface area contributed by atoms with Crippen molar-refractivity contribution in [2.45, 2.75) is 32.2 Å². The van der Waals surface area contributed by atoms with Gasteiger partial charge in [-0.25, -0.2) is 4.98 Å². The van der Waals surface area contributed by atoms with E-state index >= 15 is 0 Å². The Balaban J connectivity index is 1.88. The normalized spacial score (nSPS) is 12.0. The average molecular weight is 523 g/mol. The van der Waals surface area contributed by atoms with Crippen molar-refractivity contribution in [2.75, 3.05) is 13.1 Å². The first-order valence-corrected chi connectivity index (χ1v) is 12.7. The van der Waals surface area contributed by atoms with Crippen molar-refractivity contribution >= 4 is 34.8 Å². The number of nitrogens with two attached hydrogens (primary N) is 1. The van der Waals surface area contributed by atoms with Gasteiger partial charge in [0.1, 0.15) is 5.65 Å². The van der Waals surface area contributed by atoms with Crippen molar-refractivity contribution in [1.82, 2.24) is 14.3 Å². The molecule has 0 aliphatic carbocycles. The molecule has 36 heavy (non-hydrogen) atoms. The molecule has 2 heterocycles. The molecule has 0 aliphatic heterocycles. The molecule has 0 spiro atoms. The number of carbonyl (C=O) groups is 1. The zero-order valence-corrected chi connectivity index (χ0v) is 21.5. The number of carbonyl (C=O) groups excluding carboxylic acids is 1. The molecule has 0 bridgehead atoms. The third-order valence-electron chi connectivity index (χ3n) is 6.14. The van der Waals surface area contributed by atoms with Crippen LogP contribution in [-0.2, 0) is 6.42 Å². The molecule has 0 saturated carbocycles. The van der Waals surface area contributed by atoms with E-state index in [2.05, 4.69) is 0 Å². The molecule has 6 nitrogen and oxygen atoms in total. The van der Waals surface area contributed by atoms with E-state index in [1.807, 2.05) is 43.3 Å². The van der Waals surface area contributed by atoms with Crippen molar-refractivity contribution in [3.05, 3.63) is 116 Å². The highest BCUT2D eigenvalue weighted by molar-refractivity contribution is 6.35. The second kappa shape index (κ2) is 11.7. The maximum absolute atomic E-state index is 13.8. The van der Waals surface area contributed by atoms with Gasteiger partial charge in [-0.05, 0) is 55.3 Å². The first-order valence-electron chi connectivity index (χ1n) is 11.9. The Bertz CT molecular complexity index is 1400. The highest BCUT2D eigenvalue weighted by atomic mass is 35.5. The molecule has 0 aliphatic rings. The predicted octanol–water partition coefficient (Wildman–Crippen LogP) is 5.53. The molecule has 0 saturated heterocycles. The van der Waals surface area contributed by atoms with Gasteiger partial charge >= 0.3 is 0 Å². The predicted molar refractivity (Wildman–Crippen MR) is 145 cm³/mol. The summed E-state index contributed by atoms with van der Waals surface area (Å²) in [6.07, 6.45) is 3.27. The van der Waals surface area contributed by atoms with Gasteiger partial charge in [-0.1, -0.05) is 66.5 Å². The van der Waals surface area contributed by atoms with Crippen LogP contribution in [0.25, 0.3) is 5.65 Å². The Labute approximate surface area is 220 Å². The van der Waals surface area contributed by atoms with Crippen LogP contribution in [0.1, 0.15) is 53.0 Å². The summed E-state index contributed by atoms with van der Waals surface area (Å²) in [5.41, 5.74) is 8.74. The lowest BCUT2D eigenvalue weighted by Gasteiger charge is -2.32. The van der Waals surface area contributed by atoms with Gasteiger partial charge < -0.3 is 10.6 Å². The standard InChI is InChI=1S/C28H28Cl2N4O2/c1-2-24(33(14-8-12-31)27(35)20-16-21(29)18-22(30)17-20)26-23(15-19-9-4-3-5-10-19)28(36)34-13-7-6-11-25(34)32-26/h3-7,9-11,13,16-18,24H,2,8,12,14-15,31H2,1H3. The molecule has 2 aromatic heterocycles. The smallest absolute Gasteiger partial charge is 0.261 e. The molecular formula is C28H28Cl2N4O2. The summed E-state index contributed by atoms with van der Waals surface area (Å²) >= 11 is 12.4. The first-order chi connectivity index (χ1) is 17.4. The Morgan fingerprint density at radius 3 is 2.42 bits per heavy atom. The Morgan fingerprint density at radius 2 is 1.75 bits per heavy atom. The van der Waals surface area contributed by atoms with E-state index < -0.39 is 6.04 Å². The molecule has 2 N–H and O–H groups in total. The zero-order chi connectivity index (χ0) is 25.7. The number of halogens is 2. The number of aromatic nitrogens is 2. The summed E-state index contributed by atoms with van der Waals surface area (Å²) in [5.74, 6) is -0.236. The van der Waals surface area contributed by atoms with E-state index in [-0.39, 0.29) is 11.5 Å². The van der Waals surface area contributed by atoms with E-state index in [4.69, 9.17) is 33.9 Å². The lowest BCUT2D eigenvalue weighted by atomic mass is 9.97. The number of hydrogen-bond donors (Lipinski definition) is 1. The summed E-state index contributed by atoms with van der Waals surface area (Å²) in [5, 5.41) is 0.758.